The zero-order valence-corrected chi connectivity index (χ0v) is 24.7. The smallest absolute Gasteiger partial charge is 0.225 e. The molecule has 0 saturated carbocycles. The van der Waals surface area contributed by atoms with Gasteiger partial charge in [0.2, 0.25) is 5.79 Å². The molecule has 2 aliphatic rings. The summed E-state index contributed by atoms with van der Waals surface area (Å²) in [6.07, 6.45) is 4.65. The van der Waals surface area contributed by atoms with Crippen molar-refractivity contribution in [1.29, 1.82) is 0 Å². The van der Waals surface area contributed by atoms with Gasteiger partial charge in [-0.3, -0.25) is 0 Å². The second-order valence-electron chi connectivity index (χ2n) is 10.8. The van der Waals surface area contributed by atoms with E-state index in [1.54, 1.807) is 13.0 Å². The van der Waals surface area contributed by atoms with Crippen molar-refractivity contribution in [3.63, 3.8) is 0 Å². The number of aliphatic hydroxyl groups is 1. The molecule has 1 unspecified atom stereocenters. The summed E-state index contributed by atoms with van der Waals surface area (Å²) >= 11 is 0. The van der Waals surface area contributed by atoms with E-state index in [1.165, 1.54) is 6.07 Å². The van der Waals surface area contributed by atoms with Crippen LogP contribution in [0.3, 0.4) is 0 Å². The Labute approximate surface area is 234 Å². The summed E-state index contributed by atoms with van der Waals surface area (Å²) in [4.78, 5) is 0. The van der Waals surface area contributed by atoms with Crippen LogP contribution >= 0.6 is 0 Å². The second kappa shape index (κ2) is 16.3. The van der Waals surface area contributed by atoms with Crippen molar-refractivity contribution in [2.45, 2.75) is 129 Å². The number of aliphatic hydroxyl groups excluding tert-OH is 1. The molecule has 1 N–H and O–H groups in total. The standard InChI is InChI=1S/C31H51FO7/c1-6-10-14-34-21-27-28(35-15-11-7-2)29(36-16-12-8-3)30(37-17-13-9-4)31(39-27)25-19-24(22(5)33)26(32)18-23(25)20-38-31/h18-19,22,27-30,33H,6-17,20-21H2,1-5H3/t22?,27-,28-,29+,30-,31+/m1/s1. The van der Waals surface area contributed by atoms with Crippen molar-refractivity contribution < 1.29 is 37.9 Å². The number of hydrogen-bond donors (Lipinski definition) is 1. The minimum absolute atomic E-state index is 0.173. The quantitative estimate of drug-likeness (QED) is 0.212. The van der Waals surface area contributed by atoms with E-state index in [-0.39, 0.29) is 12.2 Å². The Hall–Kier alpha value is -1.13. The van der Waals surface area contributed by atoms with E-state index in [1.807, 2.05) is 0 Å². The lowest BCUT2D eigenvalue weighted by molar-refractivity contribution is -0.384. The highest BCUT2D eigenvalue weighted by Gasteiger charge is 2.61. The summed E-state index contributed by atoms with van der Waals surface area (Å²) in [6.45, 7) is 12.8. The van der Waals surface area contributed by atoms with Crippen molar-refractivity contribution in [3.05, 3.63) is 34.6 Å². The molecule has 2 aliphatic heterocycles. The largest absolute Gasteiger partial charge is 0.389 e. The van der Waals surface area contributed by atoms with Crippen LogP contribution in [0.1, 0.15) is 109 Å². The molecule has 3 rings (SSSR count). The molecular weight excluding hydrogens is 503 g/mol. The number of halogens is 1. The van der Waals surface area contributed by atoms with Crippen LogP contribution in [0.15, 0.2) is 12.1 Å². The van der Waals surface area contributed by atoms with Gasteiger partial charge in [0.15, 0.2) is 0 Å². The average Bonchev–Trinajstić information content (AvgIpc) is 3.26. The minimum atomic E-state index is -1.33. The first-order valence-corrected chi connectivity index (χ1v) is 15.2. The van der Waals surface area contributed by atoms with Crippen LogP contribution in [-0.4, -0.2) is 62.6 Å². The van der Waals surface area contributed by atoms with Gasteiger partial charge in [0.05, 0.1) is 19.3 Å². The van der Waals surface area contributed by atoms with Gasteiger partial charge < -0.3 is 33.5 Å². The molecule has 1 aromatic rings. The first kappa shape index (κ1) is 32.4. The van der Waals surface area contributed by atoms with E-state index in [0.29, 0.717) is 44.2 Å². The third kappa shape index (κ3) is 8.00. The van der Waals surface area contributed by atoms with Crippen LogP contribution in [0.25, 0.3) is 0 Å². The molecule has 0 aliphatic carbocycles. The molecule has 224 valence electrons. The van der Waals surface area contributed by atoms with E-state index < -0.39 is 42.1 Å². The van der Waals surface area contributed by atoms with Crippen molar-refractivity contribution in [2.75, 3.05) is 33.0 Å². The van der Waals surface area contributed by atoms with Gasteiger partial charge in [-0.2, -0.15) is 0 Å². The first-order chi connectivity index (χ1) is 18.9. The summed E-state index contributed by atoms with van der Waals surface area (Å²) in [6, 6.07) is 3.12. The van der Waals surface area contributed by atoms with Crippen LogP contribution in [0.4, 0.5) is 4.39 Å². The topological polar surface area (TPSA) is 75.6 Å². The fraction of sp³-hybridized carbons (Fsp3) is 0.806. The summed E-state index contributed by atoms with van der Waals surface area (Å²) in [7, 11) is 0. The lowest BCUT2D eigenvalue weighted by Gasteiger charge is -2.51. The maximum atomic E-state index is 14.9. The summed E-state index contributed by atoms with van der Waals surface area (Å²) < 4.78 is 53.9. The van der Waals surface area contributed by atoms with Crippen LogP contribution in [0.5, 0.6) is 0 Å². The molecule has 0 aromatic heterocycles. The Morgan fingerprint density at radius 2 is 1.49 bits per heavy atom. The third-order valence-corrected chi connectivity index (χ3v) is 7.52. The predicted octanol–water partition coefficient (Wildman–Crippen LogP) is 6.33. The van der Waals surface area contributed by atoms with Gasteiger partial charge in [0.25, 0.3) is 0 Å². The molecular formula is C31H51FO7. The third-order valence-electron chi connectivity index (χ3n) is 7.52. The number of rotatable bonds is 18. The number of benzene rings is 1. The van der Waals surface area contributed by atoms with Gasteiger partial charge in [-0.05, 0) is 50.3 Å². The molecule has 1 aromatic carbocycles. The van der Waals surface area contributed by atoms with Gasteiger partial charge >= 0.3 is 0 Å². The van der Waals surface area contributed by atoms with Gasteiger partial charge in [-0.1, -0.05) is 53.4 Å². The molecule has 6 atom stereocenters. The van der Waals surface area contributed by atoms with Crippen molar-refractivity contribution in [2.24, 2.45) is 0 Å². The summed E-state index contributed by atoms with van der Waals surface area (Å²) in [5.74, 6) is -1.79. The number of fused-ring (bicyclic) bond motifs is 2. The molecule has 1 spiro atoms. The van der Waals surface area contributed by atoms with E-state index in [0.717, 1.165) is 51.4 Å². The molecule has 0 amide bonds. The van der Waals surface area contributed by atoms with Crippen molar-refractivity contribution in [1.82, 2.24) is 0 Å². The summed E-state index contributed by atoms with van der Waals surface area (Å²) in [5, 5.41) is 10.3. The van der Waals surface area contributed by atoms with E-state index in [9.17, 15) is 9.50 Å². The van der Waals surface area contributed by atoms with Crippen LogP contribution in [0, 0.1) is 5.82 Å². The van der Waals surface area contributed by atoms with Crippen LogP contribution in [-0.2, 0) is 40.8 Å². The zero-order chi connectivity index (χ0) is 28.3. The van der Waals surface area contributed by atoms with Gasteiger partial charge in [-0.15, -0.1) is 0 Å². The Kier molecular flexibility index (Phi) is 13.6. The molecule has 0 bridgehead atoms. The highest BCUT2D eigenvalue weighted by Crippen LogP contribution is 2.49. The molecule has 0 radical (unpaired) electrons. The minimum Gasteiger partial charge on any atom is -0.389 e. The van der Waals surface area contributed by atoms with E-state index in [4.69, 9.17) is 28.4 Å². The van der Waals surface area contributed by atoms with Crippen LogP contribution in [0.2, 0.25) is 0 Å². The number of unbranched alkanes of at least 4 members (excludes halogenated alkanes) is 4. The molecule has 8 heteroatoms. The number of hydrogen-bond acceptors (Lipinski definition) is 7. The molecule has 2 heterocycles. The molecule has 1 fully saturated rings. The fourth-order valence-corrected chi connectivity index (χ4v) is 5.20. The Morgan fingerprint density at radius 1 is 0.897 bits per heavy atom. The lowest BCUT2D eigenvalue weighted by atomic mass is 9.85. The highest BCUT2D eigenvalue weighted by atomic mass is 19.1. The van der Waals surface area contributed by atoms with E-state index in [2.05, 4.69) is 27.7 Å². The maximum absolute atomic E-state index is 14.9. The highest BCUT2D eigenvalue weighted by molar-refractivity contribution is 5.41. The van der Waals surface area contributed by atoms with Crippen LogP contribution < -0.4 is 0 Å². The first-order valence-electron chi connectivity index (χ1n) is 15.2. The predicted molar refractivity (Wildman–Crippen MR) is 148 cm³/mol. The average molecular weight is 555 g/mol. The Bertz CT molecular complexity index is 850. The summed E-state index contributed by atoms with van der Waals surface area (Å²) in [5.41, 5.74) is 1.57. The van der Waals surface area contributed by atoms with Gasteiger partial charge in [0.1, 0.15) is 30.2 Å². The van der Waals surface area contributed by atoms with Crippen molar-refractivity contribution in [3.8, 4) is 0 Å². The maximum Gasteiger partial charge on any atom is 0.225 e. The van der Waals surface area contributed by atoms with E-state index >= 15 is 0 Å². The zero-order valence-electron chi connectivity index (χ0n) is 24.7. The van der Waals surface area contributed by atoms with Gasteiger partial charge in [-0.25, -0.2) is 4.39 Å². The molecule has 1 saturated heterocycles. The SMILES string of the molecule is CCCCOC[C@H]1O[C@]2(OCc3cc(F)c(C(C)O)cc32)[C@H](OCCCC)[C@@H](OCCCC)[C@@H]1OCCCC. The normalized spacial score (nSPS) is 27.3. The Morgan fingerprint density at radius 3 is 2.10 bits per heavy atom. The fourth-order valence-electron chi connectivity index (χ4n) is 5.20. The van der Waals surface area contributed by atoms with Gasteiger partial charge in [0, 0.05) is 37.6 Å². The monoisotopic (exact) mass is 554 g/mol. The Balaban J connectivity index is 2.07. The number of ether oxygens (including phenoxy) is 6. The second-order valence-corrected chi connectivity index (χ2v) is 10.8. The van der Waals surface area contributed by atoms with Crippen molar-refractivity contribution >= 4 is 0 Å². The molecule has 39 heavy (non-hydrogen) atoms. The lowest BCUT2D eigenvalue weighted by Crippen LogP contribution is -2.66. The molecule has 7 nitrogen and oxygen atoms in total.